The summed E-state index contributed by atoms with van der Waals surface area (Å²) in [7, 11) is 0. The van der Waals surface area contributed by atoms with Crippen LogP contribution in [0.5, 0.6) is 5.75 Å². The number of carbonyl (C=O) groups is 3. The van der Waals surface area contributed by atoms with E-state index in [0.717, 1.165) is 24.6 Å². The van der Waals surface area contributed by atoms with Crippen molar-refractivity contribution in [2.45, 2.75) is 69.9 Å². The van der Waals surface area contributed by atoms with Crippen molar-refractivity contribution in [3.63, 3.8) is 0 Å². The SMILES string of the molecule is CC(C)OC(=O)OCOc1ccc2c(c1)[C@]13CCCC[C@@H]1[C@@H](C2)NCC3.O=C(O)/C=C/C(=O)O.[Na+]. The fraction of sp³-hybridized carbons (Fsp3) is 0.560. The van der Waals surface area contributed by atoms with E-state index in [2.05, 4.69) is 17.4 Å². The average molecular weight is 499 g/mol. The minimum atomic E-state index is -1.26. The van der Waals surface area contributed by atoms with Crippen molar-refractivity contribution in [2.24, 2.45) is 5.92 Å². The fourth-order valence-corrected chi connectivity index (χ4v) is 5.51. The molecule has 1 aromatic rings. The summed E-state index contributed by atoms with van der Waals surface area (Å²) in [5, 5.41) is 19.4. The van der Waals surface area contributed by atoms with E-state index in [0.29, 0.717) is 23.6 Å². The first-order valence-corrected chi connectivity index (χ1v) is 11.7. The first kappa shape index (κ1) is 29.2. The zero-order chi connectivity index (χ0) is 24.7. The van der Waals surface area contributed by atoms with Gasteiger partial charge >= 0.3 is 47.7 Å². The van der Waals surface area contributed by atoms with Gasteiger partial charge in [0.2, 0.25) is 6.79 Å². The molecule has 2 bridgehead atoms. The molecule has 0 spiro atoms. The standard InChI is InChI=1S/C21H29NO4.C4H4O4.Na/c1-14(2)26-20(23)25-13-24-16-7-6-15-11-19-17-5-3-4-8-21(17,9-10-22-19)18(15)12-16;5-3(6)1-2-4(7)8;/h6-7,12,14,17,19,22H,3-5,8-11,13H2,1-2H3;1-2H,(H,5,6)(H,7,8);/q;;+1/b;2-1+;/t17-,19-,21+;;/m1../s1. The number of rotatable bonds is 6. The molecule has 1 heterocycles. The Morgan fingerprint density at radius 2 is 1.86 bits per heavy atom. The van der Waals surface area contributed by atoms with Gasteiger partial charge in [0.15, 0.2) is 0 Å². The molecular formula is C25H33NNaO8+. The maximum atomic E-state index is 11.5. The molecule has 0 amide bonds. The van der Waals surface area contributed by atoms with Crippen molar-refractivity contribution in [3.8, 4) is 5.75 Å². The van der Waals surface area contributed by atoms with Crippen LogP contribution in [0.2, 0.25) is 0 Å². The number of carboxylic acids is 2. The summed E-state index contributed by atoms with van der Waals surface area (Å²) >= 11 is 0. The van der Waals surface area contributed by atoms with E-state index in [-0.39, 0.29) is 42.5 Å². The molecule has 35 heavy (non-hydrogen) atoms. The number of benzene rings is 1. The molecule has 9 nitrogen and oxygen atoms in total. The number of carbonyl (C=O) groups excluding carboxylic acids is 1. The smallest absolute Gasteiger partial charge is 0.478 e. The van der Waals surface area contributed by atoms with Crippen LogP contribution in [0.1, 0.15) is 57.1 Å². The van der Waals surface area contributed by atoms with E-state index in [1.54, 1.807) is 13.8 Å². The predicted octanol–water partition coefficient (Wildman–Crippen LogP) is 0.646. The second-order valence-electron chi connectivity index (χ2n) is 9.18. The number of piperidine rings is 1. The minimum absolute atomic E-state index is 0. The van der Waals surface area contributed by atoms with Gasteiger partial charge in [0.25, 0.3) is 0 Å². The first-order valence-electron chi connectivity index (χ1n) is 11.7. The Balaban J connectivity index is 0.000000418. The summed E-state index contributed by atoms with van der Waals surface area (Å²) in [4.78, 5) is 30.6. The third-order valence-corrected chi connectivity index (χ3v) is 6.72. The van der Waals surface area contributed by atoms with Gasteiger partial charge in [0.1, 0.15) is 5.75 Å². The van der Waals surface area contributed by atoms with E-state index in [9.17, 15) is 14.4 Å². The molecule has 0 radical (unpaired) electrons. The van der Waals surface area contributed by atoms with Gasteiger partial charge in [-0.05, 0) is 75.3 Å². The number of fused-ring (bicyclic) bond motifs is 1. The minimum Gasteiger partial charge on any atom is -0.478 e. The third-order valence-electron chi connectivity index (χ3n) is 6.72. The topological polar surface area (TPSA) is 131 Å². The predicted molar refractivity (Wildman–Crippen MR) is 123 cm³/mol. The van der Waals surface area contributed by atoms with E-state index < -0.39 is 18.1 Å². The van der Waals surface area contributed by atoms with Gasteiger partial charge in [-0.25, -0.2) is 14.4 Å². The van der Waals surface area contributed by atoms with Crippen molar-refractivity contribution in [2.75, 3.05) is 13.3 Å². The molecule has 186 valence electrons. The Morgan fingerprint density at radius 1 is 1.14 bits per heavy atom. The molecule has 10 heteroatoms. The molecule has 2 fully saturated rings. The van der Waals surface area contributed by atoms with Gasteiger partial charge < -0.3 is 29.7 Å². The van der Waals surface area contributed by atoms with Crippen LogP contribution in [-0.4, -0.2) is 53.8 Å². The van der Waals surface area contributed by atoms with Crippen LogP contribution in [0.15, 0.2) is 30.4 Å². The largest absolute Gasteiger partial charge is 1.00 e. The molecule has 1 saturated heterocycles. The first-order chi connectivity index (χ1) is 16.2. The summed E-state index contributed by atoms with van der Waals surface area (Å²) in [6.45, 7) is 4.57. The quantitative estimate of drug-likeness (QED) is 0.224. The molecule has 0 unspecified atom stereocenters. The average Bonchev–Trinajstić information content (AvgIpc) is 2.78. The van der Waals surface area contributed by atoms with Crippen LogP contribution < -0.4 is 39.6 Å². The van der Waals surface area contributed by atoms with Crippen molar-refractivity contribution in [3.05, 3.63) is 41.5 Å². The van der Waals surface area contributed by atoms with Crippen molar-refractivity contribution < 1.29 is 68.4 Å². The summed E-state index contributed by atoms with van der Waals surface area (Å²) in [5.41, 5.74) is 3.23. The van der Waals surface area contributed by atoms with Gasteiger partial charge in [0.05, 0.1) is 6.10 Å². The van der Waals surface area contributed by atoms with E-state index in [4.69, 9.17) is 24.4 Å². The van der Waals surface area contributed by atoms with E-state index >= 15 is 0 Å². The Labute approximate surface area is 227 Å². The second kappa shape index (κ2) is 13.3. The fourth-order valence-electron chi connectivity index (χ4n) is 5.51. The van der Waals surface area contributed by atoms with Crippen LogP contribution in [-0.2, 0) is 30.9 Å². The summed E-state index contributed by atoms with van der Waals surface area (Å²) in [5.74, 6) is -0.999. The Morgan fingerprint density at radius 3 is 2.51 bits per heavy atom. The molecule has 3 atom stereocenters. The van der Waals surface area contributed by atoms with Gasteiger partial charge in [0, 0.05) is 23.6 Å². The summed E-state index contributed by atoms with van der Waals surface area (Å²) in [6, 6.07) is 7.01. The molecular weight excluding hydrogens is 465 g/mol. The number of nitrogens with one attached hydrogen (secondary N) is 1. The van der Waals surface area contributed by atoms with Crippen molar-refractivity contribution in [1.82, 2.24) is 5.32 Å². The number of ether oxygens (including phenoxy) is 3. The third kappa shape index (κ3) is 7.70. The van der Waals surface area contributed by atoms with Crippen LogP contribution in [0.3, 0.4) is 0 Å². The maximum Gasteiger partial charge on any atom is 1.00 e. The van der Waals surface area contributed by atoms with Gasteiger partial charge in [-0.2, -0.15) is 0 Å². The second-order valence-corrected chi connectivity index (χ2v) is 9.18. The number of aliphatic carboxylic acids is 2. The van der Waals surface area contributed by atoms with E-state index in [1.807, 2.05) is 6.07 Å². The number of hydrogen-bond acceptors (Lipinski definition) is 7. The van der Waals surface area contributed by atoms with Crippen LogP contribution in [0, 0.1) is 5.92 Å². The normalized spacial score (nSPS) is 24.1. The van der Waals surface area contributed by atoms with Crippen LogP contribution in [0.4, 0.5) is 4.79 Å². The number of carboxylic acid groups (broad SMARTS) is 2. The van der Waals surface area contributed by atoms with Gasteiger partial charge in [-0.15, -0.1) is 0 Å². The molecule has 1 aromatic carbocycles. The molecule has 1 saturated carbocycles. The van der Waals surface area contributed by atoms with Gasteiger partial charge in [-0.1, -0.05) is 18.9 Å². The van der Waals surface area contributed by atoms with Crippen LogP contribution >= 0.6 is 0 Å². The molecule has 2 aliphatic carbocycles. The zero-order valence-corrected chi connectivity index (χ0v) is 22.6. The van der Waals surface area contributed by atoms with E-state index in [1.165, 1.54) is 43.2 Å². The zero-order valence-electron chi connectivity index (χ0n) is 20.6. The van der Waals surface area contributed by atoms with Crippen molar-refractivity contribution >= 4 is 18.1 Å². The van der Waals surface area contributed by atoms with Crippen LogP contribution in [0.25, 0.3) is 0 Å². The Hall–Kier alpha value is -2.07. The summed E-state index contributed by atoms with van der Waals surface area (Å²) in [6.07, 6.45) is 7.83. The molecule has 0 aromatic heterocycles. The maximum absolute atomic E-state index is 11.5. The molecule has 1 aliphatic heterocycles. The Kier molecular flexibility index (Phi) is 11.1. The van der Waals surface area contributed by atoms with Crippen molar-refractivity contribution in [1.29, 1.82) is 0 Å². The van der Waals surface area contributed by atoms with Gasteiger partial charge in [-0.3, -0.25) is 0 Å². The molecule has 3 aliphatic rings. The molecule has 3 N–H and O–H groups in total. The Bertz CT molecular complexity index is 914. The monoisotopic (exact) mass is 498 g/mol. The summed E-state index contributed by atoms with van der Waals surface area (Å²) < 4.78 is 15.6. The molecule has 4 rings (SSSR count). The number of hydrogen-bond donors (Lipinski definition) is 3.